The molecule has 4 nitrogen and oxygen atoms in total. The number of hydrogen-bond acceptors (Lipinski definition) is 3. The Morgan fingerprint density at radius 1 is 0.947 bits per heavy atom. The third kappa shape index (κ3) is 1.88. The number of rotatable bonds is 2. The van der Waals surface area contributed by atoms with Crippen molar-refractivity contribution in [3.05, 3.63) is 70.9 Å². The van der Waals surface area contributed by atoms with Gasteiger partial charge in [0.2, 0.25) is 0 Å². The van der Waals surface area contributed by atoms with Crippen molar-refractivity contribution in [2.75, 3.05) is 5.43 Å². The molecule has 0 spiro atoms. The van der Waals surface area contributed by atoms with Gasteiger partial charge in [0.25, 0.3) is 0 Å². The molecule has 0 radical (unpaired) electrons. The molecule has 94 valence electrons. The fourth-order valence-electron chi connectivity index (χ4n) is 2.23. The van der Waals surface area contributed by atoms with E-state index in [2.05, 4.69) is 5.43 Å². The minimum Gasteiger partial charge on any atom is -0.309 e. The average Bonchev–Trinajstić information content (AvgIpc) is 2.48. The zero-order valence-corrected chi connectivity index (χ0v) is 10.2. The summed E-state index contributed by atoms with van der Waals surface area (Å²) in [6.07, 6.45) is 0. The van der Waals surface area contributed by atoms with Gasteiger partial charge >= 0.3 is 0 Å². The number of hydrogen-bond donors (Lipinski definition) is 2. The minimum atomic E-state index is -0.0456. The van der Waals surface area contributed by atoms with Gasteiger partial charge in [-0.1, -0.05) is 30.3 Å². The Labute approximate surface area is 110 Å². The molecule has 0 aliphatic rings. The highest BCUT2D eigenvalue weighted by Crippen LogP contribution is 2.21. The van der Waals surface area contributed by atoms with Crippen molar-refractivity contribution in [1.29, 1.82) is 0 Å². The van der Waals surface area contributed by atoms with E-state index in [9.17, 15) is 4.79 Å². The maximum absolute atomic E-state index is 12.0. The molecule has 0 aliphatic carbocycles. The summed E-state index contributed by atoms with van der Waals surface area (Å²) in [6, 6.07) is 18.8. The van der Waals surface area contributed by atoms with Gasteiger partial charge in [-0.3, -0.25) is 9.36 Å². The minimum absolute atomic E-state index is 0.0456. The molecule has 0 bridgehead atoms. The number of aromatic nitrogens is 1. The van der Waals surface area contributed by atoms with Crippen molar-refractivity contribution < 1.29 is 0 Å². The van der Waals surface area contributed by atoms with Crippen molar-refractivity contribution in [3.8, 4) is 5.69 Å². The van der Waals surface area contributed by atoms with E-state index in [0.29, 0.717) is 11.2 Å². The molecule has 0 unspecified atom stereocenters. The number of nitrogens with zero attached hydrogens (tertiary/aromatic N) is 1. The molecule has 2 aromatic carbocycles. The van der Waals surface area contributed by atoms with Gasteiger partial charge in [-0.2, -0.15) is 0 Å². The summed E-state index contributed by atoms with van der Waals surface area (Å²) in [4.78, 5) is 12.0. The average molecular weight is 251 g/mol. The van der Waals surface area contributed by atoms with Crippen LogP contribution in [0.3, 0.4) is 0 Å². The van der Waals surface area contributed by atoms with Gasteiger partial charge in [0.05, 0.1) is 5.52 Å². The number of fused-ring (bicyclic) bond motifs is 1. The smallest absolute Gasteiger partial charge is 0.191 e. The Kier molecular flexibility index (Phi) is 2.78. The quantitative estimate of drug-likeness (QED) is 0.542. The molecular formula is C15H13N3O. The second-order valence-corrected chi connectivity index (χ2v) is 4.23. The first-order valence-electron chi connectivity index (χ1n) is 5.98. The Morgan fingerprint density at radius 3 is 2.37 bits per heavy atom. The molecule has 0 fully saturated rings. The summed E-state index contributed by atoms with van der Waals surface area (Å²) in [5, 5.41) is 0.672. The van der Waals surface area contributed by atoms with Crippen LogP contribution in [0.2, 0.25) is 0 Å². The van der Waals surface area contributed by atoms with Crippen molar-refractivity contribution in [2.24, 2.45) is 5.84 Å². The summed E-state index contributed by atoms with van der Waals surface area (Å²) in [5.41, 5.74) is 4.32. The van der Waals surface area contributed by atoms with E-state index in [1.54, 1.807) is 0 Å². The lowest BCUT2D eigenvalue weighted by Gasteiger charge is -2.16. The van der Waals surface area contributed by atoms with E-state index in [4.69, 9.17) is 5.84 Å². The first kappa shape index (κ1) is 11.5. The lowest BCUT2D eigenvalue weighted by molar-refractivity contribution is 1.07. The monoisotopic (exact) mass is 251 g/mol. The number of nitrogens with one attached hydrogen (secondary N) is 1. The summed E-state index contributed by atoms with van der Waals surface area (Å²) < 4.78 is 1.93. The maximum Gasteiger partial charge on any atom is 0.191 e. The number of nitrogens with two attached hydrogens (primary N) is 1. The van der Waals surface area contributed by atoms with Crippen LogP contribution in [0, 0.1) is 0 Å². The van der Waals surface area contributed by atoms with Crippen molar-refractivity contribution in [1.82, 2.24) is 4.57 Å². The molecular weight excluding hydrogens is 238 g/mol. The normalized spacial score (nSPS) is 10.6. The maximum atomic E-state index is 12.0. The van der Waals surface area contributed by atoms with Gasteiger partial charge in [0.15, 0.2) is 5.43 Å². The van der Waals surface area contributed by atoms with Crippen LogP contribution >= 0.6 is 0 Å². The lowest BCUT2D eigenvalue weighted by Crippen LogP contribution is -2.17. The fraction of sp³-hybridized carbons (Fsp3) is 0. The van der Waals surface area contributed by atoms with Crippen LogP contribution in [-0.2, 0) is 0 Å². The van der Waals surface area contributed by atoms with Crippen LogP contribution in [0.15, 0.2) is 65.5 Å². The Balaban J connectivity index is 2.46. The van der Waals surface area contributed by atoms with Crippen LogP contribution in [0.1, 0.15) is 0 Å². The standard InChI is InChI=1S/C15H13N3O/c16-17-15-10-14(19)12-8-4-5-9-13(12)18(15)11-6-2-1-3-7-11/h1-10,17H,16H2. The molecule has 0 amide bonds. The predicted octanol–water partition coefficient (Wildman–Crippen LogP) is 2.28. The second kappa shape index (κ2) is 4.59. The van der Waals surface area contributed by atoms with Crippen molar-refractivity contribution in [3.63, 3.8) is 0 Å². The number of benzene rings is 2. The van der Waals surface area contributed by atoms with Crippen molar-refractivity contribution >= 4 is 16.7 Å². The van der Waals surface area contributed by atoms with Crippen molar-refractivity contribution in [2.45, 2.75) is 0 Å². The molecule has 3 N–H and O–H groups in total. The number of nitrogen functional groups attached to an aromatic ring is 1. The van der Waals surface area contributed by atoms with E-state index >= 15 is 0 Å². The van der Waals surface area contributed by atoms with E-state index in [0.717, 1.165) is 11.2 Å². The molecule has 3 rings (SSSR count). The fourth-order valence-corrected chi connectivity index (χ4v) is 2.23. The molecule has 0 aliphatic heterocycles. The number of hydrazine groups is 1. The molecule has 19 heavy (non-hydrogen) atoms. The Hall–Kier alpha value is -2.59. The summed E-state index contributed by atoms with van der Waals surface area (Å²) in [7, 11) is 0. The number of anilines is 1. The van der Waals surface area contributed by atoms with Gasteiger partial charge < -0.3 is 5.43 Å². The molecule has 0 saturated heterocycles. The summed E-state index contributed by atoms with van der Waals surface area (Å²) in [6.45, 7) is 0. The Morgan fingerprint density at radius 2 is 1.63 bits per heavy atom. The van der Waals surface area contributed by atoms with Crippen LogP contribution in [0.5, 0.6) is 0 Å². The molecule has 4 heteroatoms. The topological polar surface area (TPSA) is 60.0 Å². The van der Waals surface area contributed by atoms with Crippen LogP contribution in [0.4, 0.5) is 5.82 Å². The van der Waals surface area contributed by atoms with E-state index in [-0.39, 0.29) is 5.43 Å². The highest BCUT2D eigenvalue weighted by molar-refractivity contribution is 5.83. The molecule has 0 atom stereocenters. The third-order valence-corrected chi connectivity index (χ3v) is 3.08. The zero-order chi connectivity index (χ0) is 13.2. The highest BCUT2D eigenvalue weighted by atomic mass is 16.1. The summed E-state index contributed by atoms with van der Waals surface area (Å²) in [5.74, 6) is 6.10. The Bertz CT molecular complexity index is 778. The second-order valence-electron chi connectivity index (χ2n) is 4.23. The third-order valence-electron chi connectivity index (χ3n) is 3.08. The van der Waals surface area contributed by atoms with E-state index in [1.807, 2.05) is 59.2 Å². The van der Waals surface area contributed by atoms with E-state index in [1.165, 1.54) is 6.07 Å². The van der Waals surface area contributed by atoms with Crippen LogP contribution in [-0.4, -0.2) is 4.57 Å². The van der Waals surface area contributed by atoms with E-state index < -0.39 is 0 Å². The molecule has 3 aromatic rings. The predicted molar refractivity (Wildman–Crippen MR) is 77.4 cm³/mol. The van der Waals surface area contributed by atoms with Gasteiger partial charge in [-0.15, -0.1) is 0 Å². The molecule has 0 saturated carbocycles. The largest absolute Gasteiger partial charge is 0.309 e. The highest BCUT2D eigenvalue weighted by Gasteiger charge is 2.09. The lowest BCUT2D eigenvalue weighted by atomic mass is 10.2. The summed E-state index contributed by atoms with van der Waals surface area (Å²) >= 11 is 0. The van der Waals surface area contributed by atoms with Gasteiger partial charge in [-0.25, -0.2) is 5.84 Å². The first-order valence-corrected chi connectivity index (χ1v) is 5.98. The van der Waals surface area contributed by atoms with Crippen LogP contribution in [0.25, 0.3) is 16.6 Å². The SMILES string of the molecule is NNc1cc(=O)c2ccccc2n1-c1ccccc1. The molecule has 1 heterocycles. The number of para-hydroxylation sites is 2. The molecule has 1 aromatic heterocycles. The van der Waals surface area contributed by atoms with Gasteiger partial charge in [0, 0.05) is 17.1 Å². The van der Waals surface area contributed by atoms with Gasteiger partial charge in [0.1, 0.15) is 5.82 Å². The number of pyridine rings is 1. The zero-order valence-electron chi connectivity index (χ0n) is 10.2. The van der Waals surface area contributed by atoms with Gasteiger partial charge in [-0.05, 0) is 24.3 Å². The van der Waals surface area contributed by atoms with Crippen LogP contribution < -0.4 is 16.7 Å². The first-order chi connectivity index (χ1) is 9.31.